The summed E-state index contributed by atoms with van der Waals surface area (Å²) < 4.78 is 12.6. The molecule has 0 unspecified atom stereocenters. The van der Waals surface area contributed by atoms with Crippen molar-refractivity contribution in [1.82, 2.24) is 9.97 Å². The first-order valence-electron chi connectivity index (χ1n) is 4.75. The molecule has 7 heteroatoms. The normalized spacial score (nSPS) is 10.2. The molecule has 5 nitrogen and oxygen atoms in total. The minimum atomic E-state index is -0.449. The van der Waals surface area contributed by atoms with Crippen molar-refractivity contribution in [2.24, 2.45) is 0 Å². The highest BCUT2D eigenvalue weighted by Gasteiger charge is 2.07. The van der Waals surface area contributed by atoms with Crippen LogP contribution in [0.2, 0.25) is 0 Å². The van der Waals surface area contributed by atoms with Crippen LogP contribution in [0.15, 0.2) is 23.7 Å². The molecule has 0 radical (unpaired) electrons. The summed E-state index contributed by atoms with van der Waals surface area (Å²) in [7, 11) is 0. The molecule has 3 N–H and O–H groups in total. The molecule has 0 aliphatic heterocycles. The van der Waals surface area contributed by atoms with Crippen LogP contribution in [-0.4, -0.2) is 15.9 Å². The second-order valence-corrected chi connectivity index (χ2v) is 4.15. The molecule has 2 heterocycles. The molecule has 0 saturated carbocycles. The summed E-state index contributed by atoms with van der Waals surface area (Å²) in [5.74, 6) is -0.413. The van der Waals surface area contributed by atoms with E-state index in [0.717, 1.165) is 6.20 Å². The SMILES string of the molecule is Nc1nc(CC(=O)Nc2ccc(F)cn2)cs1. The molecule has 0 bridgehead atoms. The number of hydrogen-bond acceptors (Lipinski definition) is 5. The third kappa shape index (κ3) is 3.22. The number of nitrogens with zero attached hydrogens (tertiary/aromatic N) is 2. The second kappa shape index (κ2) is 4.88. The Balaban J connectivity index is 1.95. The minimum Gasteiger partial charge on any atom is -0.375 e. The zero-order valence-corrected chi connectivity index (χ0v) is 9.50. The van der Waals surface area contributed by atoms with Crippen LogP contribution >= 0.6 is 11.3 Å². The molecular weight excluding hydrogens is 243 g/mol. The third-order valence-corrected chi connectivity index (χ3v) is 2.63. The van der Waals surface area contributed by atoms with Gasteiger partial charge in [0.15, 0.2) is 5.13 Å². The fraction of sp³-hybridized carbons (Fsp3) is 0.100. The first-order chi connectivity index (χ1) is 8.13. The number of anilines is 2. The predicted octanol–water partition coefficient (Wildman–Crippen LogP) is 1.44. The number of pyridine rings is 1. The molecule has 2 aromatic rings. The Morgan fingerprint density at radius 3 is 2.94 bits per heavy atom. The standard InChI is InChI=1S/C10H9FN4OS/c11-6-1-2-8(13-4-6)15-9(16)3-7-5-17-10(12)14-7/h1-2,4-5H,3H2,(H2,12,14)(H,13,15,16). The average Bonchev–Trinajstić information content (AvgIpc) is 2.67. The number of nitrogens with one attached hydrogen (secondary N) is 1. The molecule has 1 amide bonds. The highest BCUT2D eigenvalue weighted by atomic mass is 32.1. The smallest absolute Gasteiger partial charge is 0.231 e. The van der Waals surface area contributed by atoms with Gasteiger partial charge in [0.05, 0.1) is 18.3 Å². The van der Waals surface area contributed by atoms with E-state index in [1.807, 2.05) is 0 Å². The van der Waals surface area contributed by atoms with Crippen LogP contribution in [-0.2, 0) is 11.2 Å². The number of amides is 1. The Bertz CT molecular complexity index is 525. The molecule has 0 fully saturated rings. The van der Waals surface area contributed by atoms with Gasteiger partial charge in [-0.1, -0.05) is 0 Å². The average molecular weight is 252 g/mol. The lowest BCUT2D eigenvalue weighted by Gasteiger charge is -2.02. The number of halogens is 1. The van der Waals surface area contributed by atoms with Gasteiger partial charge in [0.2, 0.25) is 5.91 Å². The van der Waals surface area contributed by atoms with Gasteiger partial charge in [-0.25, -0.2) is 14.4 Å². The van der Waals surface area contributed by atoms with E-state index < -0.39 is 5.82 Å². The molecule has 0 aromatic carbocycles. The summed E-state index contributed by atoms with van der Waals surface area (Å²) in [5.41, 5.74) is 6.05. The Hall–Kier alpha value is -2.02. The fourth-order valence-electron chi connectivity index (χ4n) is 1.21. The lowest BCUT2D eigenvalue weighted by atomic mass is 10.3. The maximum Gasteiger partial charge on any atom is 0.231 e. The van der Waals surface area contributed by atoms with Crippen molar-refractivity contribution >= 4 is 28.2 Å². The van der Waals surface area contributed by atoms with Crippen LogP contribution in [0.5, 0.6) is 0 Å². The summed E-state index contributed by atoms with van der Waals surface area (Å²) in [4.78, 5) is 19.2. The van der Waals surface area contributed by atoms with Crippen LogP contribution < -0.4 is 11.1 Å². The fourth-order valence-corrected chi connectivity index (χ4v) is 1.77. The number of carbonyl (C=O) groups is 1. The van der Waals surface area contributed by atoms with Gasteiger partial charge < -0.3 is 11.1 Å². The number of nitrogen functional groups attached to an aromatic ring is 1. The number of rotatable bonds is 3. The first kappa shape index (κ1) is 11.5. The maximum absolute atomic E-state index is 12.6. The lowest BCUT2D eigenvalue weighted by Crippen LogP contribution is -2.15. The largest absolute Gasteiger partial charge is 0.375 e. The van der Waals surface area contributed by atoms with Crippen molar-refractivity contribution in [1.29, 1.82) is 0 Å². The van der Waals surface area contributed by atoms with Crippen LogP contribution in [0.4, 0.5) is 15.3 Å². The molecule has 2 aromatic heterocycles. The first-order valence-corrected chi connectivity index (χ1v) is 5.63. The van der Waals surface area contributed by atoms with Gasteiger partial charge in [0, 0.05) is 5.38 Å². The van der Waals surface area contributed by atoms with E-state index >= 15 is 0 Å². The molecule has 88 valence electrons. The summed E-state index contributed by atoms with van der Waals surface area (Å²) in [6.07, 6.45) is 1.16. The number of nitrogens with two attached hydrogens (primary N) is 1. The van der Waals surface area contributed by atoms with Crippen molar-refractivity contribution in [3.05, 3.63) is 35.2 Å². The number of thiazole rings is 1. The zero-order valence-electron chi connectivity index (χ0n) is 8.68. The zero-order chi connectivity index (χ0) is 12.3. The monoisotopic (exact) mass is 252 g/mol. The minimum absolute atomic E-state index is 0.118. The molecule has 0 spiro atoms. The lowest BCUT2D eigenvalue weighted by molar-refractivity contribution is -0.115. The predicted molar refractivity (Wildman–Crippen MR) is 63.1 cm³/mol. The van der Waals surface area contributed by atoms with Gasteiger partial charge >= 0.3 is 0 Å². The highest BCUT2D eigenvalue weighted by Crippen LogP contribution is 2.12. The van der Waals surface area contributed by atoms with Crippen molar-refractivity contribution in [3.63, 3.8) is 0 Å². The Morgan fingerprint density at radius 2 is 2.35 bits per heavy atom. The van der Waals surface area contributed by atoms with E-state index in [1.54, 1.807) is 5.38 Å². The molecule has 2 rings (SSSR count). The summed E-state index contributed by atoms with van der Waals surface area (Å²) in [6.45, 7) is 0. The van der Waals surface area contributed by atoms with Crippen LogP contribution in [0.3, 0.4) is 0 Å². The van der Waals surface area contributed by atoms with E-state index in [2.05, 4.69) is 15.3 Å². The van der Waals surface area contributed by atoms with Gasteiger partial charge in [0.25, 0.3) is 0 Å². The summed E-state index contributed by atoms with van der Waals surface area (Å²) in [5, 5.41) is 4.67. The van der Waals surface area contributed by atoms with E-state index in [9.17, 15) is 9.18 Å². The van der Waals surface area contributed by atoms with Crippen molar-refractivity contribution in [2.45, 2.75) is 6.42 Å². The van der Waals surface area contributed by atoms with E-state index in [0.29, 0.717) is 16.6 Å². The highest BCUT2D eigenvalue weighted by molar-refractivity contribution is 7.13. The van der Waals surface area contributed by atoms with Crippen LogP contribution in [0, 0.1) is 5.82 Å². The molecular formula is C10H9FN4OS. The van der Waals surface area contributed by atoms with Crippen molar-refractivity contribution < 1.29 is 9.18 Å². The van der Waals surface area contributed by atoms with Crippen LogP contribution in [0.25, 0.3) is 0 Å². The molecule has 0 atom stereocenters. The summed E-state index contributed by atoms with van der Waals surface area (Å²) >= 11 is 1.28. The number of hydrogen-bond donors (Lipinski definition) is 2. The number of aromatic nitrogens is 2. The molecule has 0 aliphatic carbocycles. The Labute approximate surface area is 101 Å². The molecule has 17 heavy (non-hydrogen) atoms. The summed E-state index contributed by atoms with van der Waals surface area (Å²) in [6, 6.07) is 2.62. The topological polar surface area (TPSA) is 80.9 Å². The second-order valence-electron chi connectivity index (χ2n) is 3.26. The Morgan fingerprint density at radius 1 is 1.53 bits per heavy atom. The number of carbonyl (C=O) groups excluding carboxylic acids is 1. The van der Waals surface area contributed by atoms with Gasteiger partial charge in [-0.3, -0.25) is 4.79 Å². The van der Waals surface area contributed by atoms with E-state index in [4.69, 9.17) is 5.73 Å². The van der Waals surface area contributed by atoms with E-state index in [-0.39, 0.29) is 12.3 Å². The van der Waals surface area contributed by atoms with Gasteiger partial charge in [-0.2, -0.15) is 0 Å². The van der Waals surface area contributed by atoms with Gasteiger partial charge in [-0.15, -0.1) is 11.3 Å². The quantitative estimate of drug-likeness (QED) is 0.866. The molecule has 0 aliphatic rings. The Kier molecular flexibility index (Phi) is 3.29. The maximum atomic E-state index is 12.6. The molecule has 0 saturated heterocycles. The van der Waals surface area contributed by atoms with E-state index in [1.165, 1.54) is 23.5 Å². The van der Waals surface area contributed by atoms with Gasteiger partial charge in [-0.05, 0) is 12.1 Å². The third-order valence-electron chi connectivity index (χ3n) is 1.91. The van der Waals surface area contributed by atoms with Crippen molar-refractivity contribution in [3.8, 4) is 0 Å². The van der Waals surface area contributed by atoms with Crippen LogP contribution in [0.1, 0.15) is 5.69 Å². The van der Waals surface area contributed by atoms with Crippen molar-refractivity contribution in [2.75, 3.05) is 11.1 Å². The van der Waals surface area contributed by atoms with Gasteiger partial charge in [0.1, 0.15) is 11.6 Å².